The van der Waals surface area contributed by atoms with Crippen LogP contribution < -0.4 is 24.8 Å². The normalized spacial score (nSPS) is 15.0. The Morgan fingerprint density at radius 2 is 0.976 bits per heavy atom. The van der Waals surface area contributed by atoms with Crippen LogP contribution in [0.3, 0.4) is 0 Å². The number of fused-ring (bicyclic) bond motifs is 3. The topological polar surface area (TPSA) is 0 Å². The third kappa shape index (κ3) is 5.28. The fourth-order valence-corrected chi connectivity index (χ4v) is 16.9. The predicted octanol–water partition coefficient (Wildman–Crippen LogP) is 3.66. The number of hydrogen-bond donors (Lipinski definition) is 0. The summed E-state index contributed by atoms with van der Waals surface area (Å²) < 4.78 is 3.74. The monoisotopic (exact) mass is 660 g/mol. The van der Waals surface area contributed by atoms with E-state index < -0.39 is 21.3 Å². The summed E-state index contributed by atoms with van der Waals surface area (Å²) in [5.74, 6) is 0.409. The van der Waals surface area contributed by atoms with Gasteiger partial charge in [-0.2, -0.15) is 0 Å². The first-order valence-electron chi connectivity index (χ1n) is 14.2. The summed E-state index contributed by atoms with van der Waals surface area (Å²) >= 11 is -2.78. The van der Waals surface area contributed by atoms with Crippen LogP contribution in [0.1, 0.15) is 45.3 Å². The van der Waals surface area contributed by atoms with E-state index in [1.807, 2.05) is 0 Å². The molecule has 5 aromatic rings. The minimum atomic E-state index is -2.78. The smallest absolute Gasteiger partial charge is 1.00 e. The molecule has 0 aliphatic heterocycles. The Morgan fingerprint density at radius 3 is 1.48 bits per heavy atom. The summed E-state index contributed by atoms with van der Waals surface area (Å²) in [6, 6.07) is 51.9. The second-order valence-corrected chi connectivity index (χ2v) is 16.9. The second kappa shape index (κ2) is 13.1. The molecule has 1 atom stereocenters. The maximum atomic E-state index is 2.54. The van der Waals surface area contributed by atoms with E-state index in [-0.39, 0.29) is 24.8 Å². The molecule has 5 aromatic carbocycles. The first-order chi connectivity index (χ1) is 19.7. The van der Waals surface area contributed by atoms with Crippen molar-refractivity contribution in [2.24, 2.45) is 5.92 Å². The number of hydrogen-bond acceptors (Lipinski definition) is 0. The van der Waals surface area contributed by atoms with Crippen LogP contribution in [0.25, 0.3) is 16.7 Å². The summed E-state index contributed by atoms with van der Waals surface area (Å²) in [5.41, 5.74) is 12.9. The molecule has 0 saturated carbocycles. The molecule has 0 N–H and O–H groups in total. The van der Waals surface area contributed by atoms with E-state index in [0.29, 0.717) is 9.54 Å². The molecule has 2 aliphatic carbocycles. The Bertz CT molecular complexity index is 1710. The van der Waals surface area contributed by atoms with Crippen molar-refractivity contribution in [3.05, 3.63) is 182 Å². The molecule has 0 heterocycles. The maximum absolute atomic E-state index is 2.78. The molecular weight excluding hydrogens is 631 g/mol. The van der Waals surface area contributed by atoms with Crippen molar-refractivity contribution in [1.82, 2.24) is 0 Å². The van der Waals surface area contributed by atoms with Crippen molar-refractivity contribution in [2.45, 2.75) is 17.5 Å². The minimum Gasteiger partial charge on any atom is -1.00 e. The Kier molecular flexibility index (Phi) is 9.44. The van der Waals surface area contributed by atoms with Crippen LogP contribution in [0.5, 0.6) is 0 Å². The first kappa shape index (κ1) is 30.4. The largest absolute Gasteiger partial charge is 1.00 e. The van der Waals surface area contributed by atoms with Gasteiger partial charge in [-0.3, -0.25) is 0 Å². The van der Waals surface area contributed by atoms with Crippen molar-refractivity contribution in [1.29, 1.82) is 0 Å². The molecule has 0 nitrogen and oxygen atoms in total. The van der Waals surface area contributed by atoms with Gasteiger partial charge in [-0.1, -0.05) is 0 Å². The van der Waals surface area contributed by atoms with Crippen LogP contribution in [0.4, 0.5) is 0 Å². The average Bonchev–Trinajstić information content (AvgIpc) is 3.50. The second-order valence-electron chi connectivity index (χ2n) is 10.9. The van der Waals surface area contributed by atoms with Gasteiger partial charge in [0, 0.05) is 0 Å². The van der Waals surface area contributed by atoms with E-state index in [9.17, 15) is 0 Å². The molecule has 1 unspecified atom stereocenters. The SMILES string of the molecule is CC1=[C]([Zr+2](=[C](c2ccccc2)c2ccccc2)[CH]2c3ccccc3-c3ccccc32)C(C)C=C1c1ccccc1.[Cl-].[Cl-]. The summed E-state index contributed by atoms with van der Waals surface area (Å²) in [6.45, 7) is 4.84. The van der Waals surface area contributed by atoms with Crippen molar-refractivity contribution in [3.8, 4) is 11.1 Å². The Balaban J connectivity index is 0.00000176. The Morgan fingerprint density at radius 1 is 0.548 bits per heavy atom. The average molecular weight is 663 g/mol. The van der Waals surface area contributed by atoms with Gasteiger partial charge in [0.05, 0.1) is 0 Å². The van der Waals surface area contributed by atoms with Crippen molar-refractivity contribution < 1.29 is 46.1 Å². The van der Waals surface area contributed by atoms with Gasteiger partial charge in [-0.15, -0.1) is 0 Å². The van der Waals surface area contributed by atoms with Crippen LogP contribution in [-0.2, 0) is 21.3 Å². The van der Waals surface area contributed by atoms with Gasteiger partial charge in [-0.25, -0.2) is 0 Å². The molecular formula is C39H32Cl2Zr. The van der Waals surface area contributed by atoms with E-state index in [4.69, 9.17) is 0 Å². The van der Waals surface area contributed by atoms with E-state index in [0.717, 1.165) is 0 Å². The molecule has 0 aromatic heterocycles. The molecule has 0 bridgehead atoms. The quantitative estimate of drug-likeness (QED) is 0.270. The third-order valence-electron chi connectivity index (χ3n) is 8.57. The zero-order chi connectivity index (χ0) is 27.1. The zero-order valence-electron chi connectivity index (χ0n) is 23.8. The molecule has 0 spiro atoms. The summed E-state index contributed by atoms with van der Waals surface area (Å²) in [5, 5.41) is 0. The van der Waals surface area contributed by atoms with Crippen molar-refractivity contribution in [2.75, 3.05) is 0 Å². The number of rotatable bonds is 5. The molecule has 0 amide bonds. The third-order valence-corrected chi connectivity index (χ3v) is 17.7. The fraction of sp³-hybridized carbons (Fsp3) is 0.103. The molecule has 206 valence electrons. The number of halogens is 2. The molecule has 3 heteroatoms. The van der Waals surface area contributed by atoms with Gasteiger partial charge in [0.25, 0.3) is 0 Å². The number of benzene rings is 5. The standard InChI is InChI=1S/C13H9.C13H13.C13H10.2ClH.Zr/c1-3-7-12-10(5-1)9-11-6-2-4-8-13(11)12;1-10-8-11(2)13(9-10)12-6-4-3-5-7-12;1-3-7-12(8-4-1)11-13-9-5-2-6-10-13;;;/h1-9H;3-7,9-10H,1-2H3;1-10H;2*1H;/q;;;;;+2/p-2. The van der Waals surface area contributed by atoms with Crippen LogP contribution in [0, 0.1) is 5.92 Å². The Labute approximate surface area is 269 Å². The van der Waals surface area contributed by atoms with E-state index >= 15 is 0 Å². The van der Waals surface area contributed by atoms with Gasteiger partial charge in [-0.05, 0) is 0 Å². The molecule has 7 rings (SSSR count). The van der Waals surface area contributed by atoms with Gasteiger partial charge >= 0.3 is 247 Å². The minimum absolute atomic E-state index is 0. The number of allylic oxidation sites excluding steroid dienone is 4. The molecule has 0 saturated heterocycles. The van der Waals surface area contributed by atoms with Gasteiger partial charge in [0.15, 0.2) is 0 Å². The van der Waals surface area contributed by atoms with E-state index in [1.165, 1.54) is 50.1 Å². The first-order valence-corrected chi connectivity index (χ1v) is 18.1. The van der Waals surface area contributed by atoms with Gasteiger partial charge in [0.2, 0.25) is 0 Å². The van der Waals surface area contributed by atoms with Gasteiger partial charge in [0.1, 0.15) is 0 Å². The van der Waals surface area contributed by atoms with Crippen LogP contribution in [0.15, 0.2) is 154 Å². The van der Waals surface area contributed by atoms with Crippen molar-refractivity contribution >= 4 is 8.78 Å². The Hall–Kier alpha value is -3.09. The van der Waals surface area contributed by atoms with Crippen molar-refractivity contribution in [3.63, 3.8) is 0 Å². The predicted molar refractivity (Wildman–Crippen MR) is 166 cm³/mol. The van der Waals surface area contributed by atoms with E-state index in [2.05, 4.69) is 159 Å². The summed E-state index contributed by atoms with van der Waals surface area (Å²) in [7, 11) is 0. The zero-order valence-corrected chi connectivity index (χ0v) is 27.7. The van der Waals surface area contributed by atoms with Gasteiger partial charge < -0.3 is 24.8 Å². The van der Waals surface area contributed by atoms with Crippen LogP contribution >= 0.6 is 0 Å². The van der Waals surface area contributed by atoms with Crippen LogP contribution in [0.2, 0.25) is 0 Å². The maximum Gasteiger partial charge on any atom is -1.00 e. The summed E-state index contributed by atoms with van der Waals surface area (Å²) in [6.07, 6.45) is 2.54. The molecule has 0 radical (unpaired) electrons. The molecule has 42 heavy (non-hydrogen) atoms. The van der Waals surface area contributed by atoms with Crippen LogP contribution in [-0.4, -0.2) is 3.21 Å². The molecule has 0 fully saturated rings. The fourth-order valence-electron chi connectivity index (χ4n) is 6.91. The van der Waals surface area contributed by atoms with E-state index in [1.54, 1.807) is 6.49 Å². The summed E-state index contributed by atoms with van der Waals surface area (Å²) in [4.78, 5) is 0. The molecule has 2 aliphatic rings.